The highest BCUT2D eigenvalue weighted by Gasteiger charge is 2.55. The fraction of sp³-hybridized carbons (Fsp3) is 0.512. The molecule has 1 aliphatic carbocycles. The second-order valence-electron chi connectivity index (χ2n) is 17.2. The highest BCUT2D eigenvalue weighted by atomic mass is 32.3. The lowest BCUT2D eigenvalue weighted by Gasteiger charge is -2.30. The number of anilines is 2. The first kappa shape index (κ1) is 40.7. The summed E-state index contributed by atoms with van der Waals surface area (Å²) in [5.41, 5.74) is 1.94. The van der Waals surface area contributed by atoms with E-state index in [2.05, 4.69) is 29.1 Å². The van der Waals surface area contributed by atoms with Crippen LogP contribution >= 0.6 is 10.0 Å². The molecule has 4 amide bonds. The van der Waals surface area contributed by atoms with E-state index in [1.165, 1.54) is 9.80 Å². The zero-order valence-electron chi connectivity index (χ0n) is 33.4. The number of hydrogen-bond donors (Lipinski definition) is 1. The fourth-order valence-electron chi connectivity index (χ4n) is 6.73. The van der Waals surface area contributed by atoms with E-state index in [-0.39, 0.29) is 38.2 Å². The van der Waals surface area contributed by atoms with Gasteiger partial charge in [0.15, 0.2) is 0 Å². The zero-order chi connectivity index (χ0) is 39.6. The summed E-state index contributed by atoms with van der Waals surface area (Å²) in [6.07, 6.45) is 8.79. The number of carbonyl (C=O) groups is 4. The van der Waals surface area contributed by atoms with E-state index in [1.807, 2.05) is 84.0 Å². The third-order valence-electron chi connectivity index (χ3n) is 9.43. The first-order valence-electron chi connectivity index (χ1n) is 18.3. The smallest absolute Gasteiger partial charge is 0.410 e. The summed E-state index contributed by atoms with van der Waals surface area (Å²) in [5, 5.41) is 2.90. The highest BCUT2D eigenvalue weighted by molar-refractivity contribution is 8.32. The number of pyridine rings is 2. The van der Waals surface area contributed by atoms with E-state index in [1.54, 1.807) is 24.2 Å². The summed E-state index contributed by atoms with van der Waals surface area (Å²) in [6.45, 7) is 11.8. The molecule has 1 aromatic carbocycles. The lowest BCUT2D eigenvalue weighted by Crippen LogP contribution is -2.43. The van der Waals surface area contributed by atoms with E-state index in [9.17, 15) is 19.2 Å². The van der Waals surface area contributed by atoms with Gasteiger partial charge in [-0.1, -0.05) is 57.2 Å². The number of nitrogens with zero attached hydrogens (tertiary/aromatic N) is 5. The van der Waals surface area contributed by atoms with Crippen molar-refractivity contribution in [3.63, 3.8) is 0 Å². The Morgan fingerprint density at radius 2 is 1.63 bits per heavy atom. The van der Waals surface area contributed by atoms with Gasteiger partial charge in [0.05, 0.1) is 12.0 Å². The number of aromatic nitrogens is 2. The Kier molecular flexibility index (Phi) is 11.8. The van der Waals surface area contributed by atoms with Gasteiger partial charge in [-0.2, -0.15) is 0 Å². The molecule has 1 unspecified atom stereocenters. The maximum atomic E-state index is 14.1. The lowest BCUT2D eigenvalue weighted by molar-refractivity contribution is -0.142. The van der Waals surface area contributed by atoms with Gasteiger partial charge >= 0.3 is 6.09 Å². The molecule has 2 aromatic heterocycles. The van der Waals surface area contributed by atoms with Gasteiger partial charge in [0.25, 0.3) is 0 Å². The first-order valence-corrected chi connectivity index (χ1v) is 21.3. The molecular weight excluding hydrogens is 705 g/mol. The number of fused-ring (bicyclic) bond motifs is 3. The number of hydrogen-bond acceptors (Lipinski definition) is 8. The largest absolute Gasteiger partial charge is 0.444 e. The molecule has 0 bridgehead atoms. The van der Waals surface area contributed by atoms with Crippen LogP contribution in [0.2, 0.25) is 0 Å². The summed E-state index contributed by atoms with van der Waals surface area (Å²) in [5.74, 6) is 1.26. The van der Waals surface area contributed by atoms with Crippen LogP contribution in [0.1, 0.15) is 69.5 Å². The highest BCUT2D eigenvalue weighted by Crippen LogP contribution is 2.49. The van der Waals surface area contributed by atoms with Crippen LogP contribution in [0.15, 0.2) is 54.7 Å². The molecule has 0 saturated carbocycles. The topological polar surface area (TPSA) is 134 Å². The number of carbonyl (C=O) groups excluding carboxylic acids is 4. The van der Waals surface area contributed by atoms with Crippen molar-refractivity contribution in [3.05, 3.63) is 82.7 Å². The number of nitrogens with one attached hydrogen (secondary N) is 1. The Morgan fingerprint density at radius 3 is 2.28 bits per heavy atom. The Hall–Kier alpha value is -4.49. The summed E-state index contributed by atoms with van der Waals surface area (Å²) in [6, 6.07) is 15.0. The van der Waals surface area contributed by atoms with Gasteiger partial charge in [0.2, 0.25) is 17.7 Å². The van der Waals surface area contributed by atoms with Crippen LogP contribution in [0, 0.1) is 5.41 Å². The van der Waals surface area contributed by atoms with Crippen molar-refractivity contribution in [2.45, 2.75) is 78.5 Å². The van der Waals surface area contributed by atoms with E-state index >= 15 is 0 Å². The van der Waals surface area contributed by atoms with Crippen molar-refractivity contribution >= 4 is 45.5 Å². The molecule has 13 heteroatoms. The quantitative estimate of drug-likeness (QED) is 0.226. The second-order valence-corrected chi connectivity index (χ2v) is 21.8. The number of rotatable bonds is 12. The molecule has 2 aliphatic rings. The lowest BCUT2D eigenvalue weighted by atomic mass is 9.80. The fourth-order valence-corrected chi connectivity index (χ4v) is 7.35. The predicted octanol–water partition coefficient (Wildman–Crippen LogP) is 5.91. The van der Waals surface area contributed by atoms with Gasteiger partial charge < -0.3 is 24.6 Å². The van der Waals surface area contributed by atoms with Gasteiger partial charge in [0, 0.05) is 55.2 Å². The second kappa shape index (κ2) is 15.7. The van der Waals surface area contributed by atoms with Crippen LogP contribution in [0.3, 0.4) is 0 Å². The van der Waals surface area contributed by atoms with Gasteiger partial charge in [-0.05, 0) is 74.8 Å². The summed E-state index contributed by atoms with van der Waals surface area (Å²) >= 11 is 0. The minimum absolute atomic E-state index is 0.0585. The average molecular weight is 761 g/mol. The van der Waals surface area contributed by atoms with Crippen LogP contribution in [-0.4, -0.2) is 101 Å². The summed E-state index contributed by atoms with van der Waals surface area (Å²) in [7, 11) is 0.939. The van der Waals surface area contributed by atoms with Crippen LogP contribution in [0.5, 0.6) is 0 Å². The van der Waals surface area contributed by atoms with E-state index in [0.717, 1.165) is 33.7 Å². The molecule has 0 fully saturated rings. The maximum absolute atomic E-state index is 14.1. The standard InChI is InChI=1S/C41H56N6O6S/c1-39(2,3)36(49)46(25-30-15-12-11-14-29(30)24-45(7)38(51)53-40(4,5)6)26-34(48)44-33-18-17-28-22-41(23-32(28)43-33)31-16-13-19-42-35(31)47(37(41)50)27-52-20-21-54(8,9)10/h11-19H,20-27H2,1-10H3,(H,43,44,48). The molecule has 292 valence electrons. The molecule has 5 rings (SSSR count). The van der Waals surface area contributed by atoms with Crippen molar-refractivity contribution in [2.24, 2.45) is 5.41 Å². The number of ether oxygens (including phenoxy) is 2. The van der Waals surface area contributed by atoms with Crippen LogP contribution in [0.4, 0.5) is 16.4 Å². The summed E-state index contributed by atoms with van der Waals surface area (Å²) < 4.78 is 11.5. The molecule has 3 heterocycles. The van der Waals surface area contributed by atoms with Crippen molar-refractivity contribution in [2.75, 3.05) is 61.7 Å². The van der Waals surface area contributed by atoms with Gasteiger partial charge in [-0.15, -0.1) is 0 Å². The predicted molar refractivity (Wildman–Crippen MR) is 214 cm³/mol. The number of amides is 4. The van der Waals surface area contributed by atoms with Crippen LogP contribution in [0.25, 0.3) is 0 Å². The molecule has 1 spiro atoms. The van der Waals surface area contributed by atoms with E-state index < -0.39 is 38.5 Å². The first-order chi connectivity index (χ1) is 25.2. The Labute approximate surface area is 321 Å². The monoisotopic (exact) mass is 760 g/mol. The van der Waals surface area contributed by atoms with E-state index in [0.29, 0.717) is 31.1 Å². The molecule has 1 atom stereocenters. The van der Waals surface area contributed by atoms with Crippen molar-refractivity contribution < 1.29 is 28.7 Å². The van der Waals surface area contributed by atoms with E-state index in [4.69, 9.17) is 14.5 Å². The summed E-state index contributed by atoms with van der Waals surface area (Å²) in [4.78, 5) is 68.3. The Balaban J connectivity index is 1.29. The van der Waals surface area contributed by atoms with Crippen LogP contribution < -0.4 is 10.2 Å². The van der Waals surface area contributed by atoms with Gasteiger partial charge in [-0.3, -0.25) is 19.3 Å². The Morgan fingerprint density at radius 1 is 0.944 bits per heavy atom. The van der Waals surface area contributed by atoms with Gasteiger partial charge in [0.1, 0.15) is 30.5 Å². The van der Waals surface area contributed by atoms with Crippen LogP contribution in [-0.2, 0) is 55.2 Å². The normalized spacial score (nSPS) is 16.9. The molecule has 54 heavy (non-hydrogen) atoms. The maximum Gasteiger partial charge on any atom is 0.410 e. The third-order valence-corrected chi connectivity index (χ3v) is 10.8. The molecule has 3 aromatic rings. The number of benzene rings is 1. The molecule has 1 N–H and O–H groups in total. The average Bonchev–Trinajstić information content (AvgIpc) is 3.56. The van der Waals surface area contributed by atoms with Crippen molar-refractivity contribution in [1.29, 1.82) is 0 Å². The Bertz CT molecular complexity index is 1900. The van der Waals surface area contributed by atoms with Gasteiger partial charge in [-0.25, -0.2) is 24.8 Å². The SMILES string of the molecule is CN(Cc1ccccc1CN(CC(=O)Nc1ccc2c(n1)CC1(C2)C(=O)N(COCCS(C)(C)C)c2ncccc21)C(=O)C(C)(C)C)C(=O)OC(C)(C)C. The molecule has 12 nitrogen and oxygen atoms in total. The molecule has 1 aliphatic heterocycles. The minimum atomic E-state index is -0.846. The molecule has 0 radical (unpaired) electrons. The molecule has 0 saturated heterocycles. The van der Waals surface area contributed by atoms with Crippen molar-refractivity contribution in [3.8, 4) is 0 Å². The zero-order valence-corrected chi connectivity index (χ0v) is 34.3. The molecular formula is C41H56N6O6S. The van der Waals surface area contributed by atoms with Crippen molar-refractivity contribution in [1.82, 2.24) is 19.8 Å². The third kappa shape index (κ3) is 9.59. The minimum Gasteiger partial charge on any atom is -0.444 e.